The van der Waals surface area contributed by atoms with E-state index in [1.165, 1.54) is 43.8 Å². The summed E-state index contributed by atoms with van der Waals surface area (Å²) < 4.78 is 2.43. The van der Waals surface area contributed by atoms with Crippen molar-refractivity contribution in [2.45, 2.75) is 0 Å². The van der Waals surface area contributed by atoms with Crippen molar-refractivity contribution < 1.29 is 0 Å². The minimum atomic E-state index is 0.621. The van der Waals surface area contributed by atoms with Crippen LogP contribution in [0, 0.1) is 0 Å². The van der Waals surface area contributed by atoms with Crippen LogP contribution >= 0.6 is 0 Å². The van der Waals surface area contributed by atoms with Gasteiger partial charge in [-0.15, -0.1) is 0 Å². The average Bonchev–Trinajstić information content (AvgIpc) is 3.52. The molecule has 11 rings (SSSR count). The zero-order valence-corrected chi connectivity index (χ0v) is 28.6. The van der Waals surface area contributed by atoms with Crippen LogP contribution in [0.1, 0.15) is 0 Å². The van der Waals surface area contributed by atoms with Crippen LogP contribution in [0.15, 0.2) is 182 Å². The summed E-state index contributed by atoms with van der Waals surface area (Å²) in [5.41, 5.74) is 13.4. The Labute approximate surface area is 306 Å². The van der Waals surface area contributed by atoms with E-state index in [1.807, 2.05) is 36.4 Å². The fourth-order valence-corrected chi connectivity index (χ4v) is 8.24. The molecule has 0 saturated carbocycles. The fraction of sp³-hybridized carbons (Fsp3) is 0. The molecule has 53 heavy (non-hydrogen) atoms. The van der Waals surface area contributed by atoms with Crippen LogP contribution < -0.4 is 0 Å². The summed E-state index contributed by atoms with van der Waals surface area (Å²) in [5.74, 6) is 1.89. The third kappa shape index (κ3) is 4.59. The van der Waals surface area contributed by atoms with Crippen LogP contribution in [0.4, 0.5) is 0 Å². The summed E-state index contributed by atoms with van der Waals surface area (Å²) in [6, 6.07) is 64.4. The molecule has 0 unspecified atom stereocenters. The molecule has 0 spiro atoms. The molecule has 2 aromatic heterocycles. The van der Waals surface area contributed by atoms with Crippen molar-refractivity contribution in [1.82, 2.24) is 19.5 Å². The Morgan fingerprint density at radius 3 is 1.49 bits per heavy atom. The summed E-state index contributed by atoms with van der Waals surface area (Å²) in [6.45, 7) is 0. The van der Waals surface area contributed by atoms with Crippen LogP contribution in [0.3, 0.4) is 0 Å². The number of hydrogen-bond acceptors (Lipinski definition) is 3. The number of hydrogen-bond donors (Lipinski definition) is 0. The monoisotopic (exact) mass is 674 g/mol. The number of fused-ring (bicyclic) bond motifs is 3. The topological polar surface area (TPSA) is 43.6 Å². The van der Waals surface area contributed by atoms with E-state index in [9.17, 15) is 0 Å². The molecule has 4 nitrogen and oxygen atoms in total. The van der Waals surface area contributed by atoms with Crippen molar-refractivity contribution in [2.24, 2.45) is 0 Å². The SMILES string of the molecule is c1ccc(-c2ccc(-n3c4cccc5c4c4c6c(cccc6ccc43)-c3ccccc3-5)c(-c3nc(-c4ccccc4)nc(-c4ccccc4)n3)c2)cc1. The Balaban J connectivity index is 1.27. The maximum atomic E-state index is 5.25. The molecule has 0 N–H and O–H groups in total. The molecular weight excluding hydrogens is 645 g/mol. The second kappa shape index (κ2) is 11.7. The molecule has 0 amide bonds. The van der Waals surface area contributed by atoms with Gasteiger partial charge in [0.05, 0.1) is 16.7 Å². The lowest BCUT2D eigenvalue weighted by molar-refractivity contribution is 1.06. The van der Waals surface area contributed by atoms with Gasteiger partial charge in [-0.3, -0.25) is 0 Å². The lowest BCUT2D eigenvalue weighted by Crippen LogP contribution is -2.04. The number of rotatable bonds is 5. The molecule has 0 saturated heterocycles. The van der Waals surface area contributed by atoms with E-state index in [0.717, 1.165) is 44.5 Å². The Morgan fingerprint density at radius 1 is 0.302 bits per heavy atom. The first-order valence-corrected chi connectivity index (χ1v) is 18.0. The van der Waals surface area contributed by atoms with Crippen molar-refractivity contribution in [2.75, 3.05) is 0 Å². The van der Waals surface area contributed by atoms with E-state index >= 15 is 0 Å². The number of aromatic nitrogens is 4. The summed E-state index contributed by atoms with van der Waals surface area (Å²) in [5, 5.41) is 5.04. The molecule has 246 valence electrons. The maximum absolute atomic E-state index is 5.25. The smallest absolute Gasteiger partial charge is 0.166 e. The second-order valence-electron chi connectivity index (χ2n) is 13.6. The highest BCUT2D eigenvalue weighted by Crippen LogP contribution is 2.50. The summed E-state index contributed by atoms with van der Waals surface area (Å²) >= 11 is 0. The van der Waals surface area contributed by atoms with E-state index in [4.69, 9.17) is 15.0 Å². The summed E-state index contributed by atoms with van der Waals surface area (Å²) in [4.78, 5) is 15.5. The molecule has 2 heterocycles. The van der Waals surface area contributed by atoms with Gasteiger partial charge in [-0.05, 0) is 68.4 Å². The van der Waals surface area contributed by atoms with E-state index in [0.29, 0.717) is 17.5 Å². The van der Waals surface area contributed by atoms with Gasteiger partial charge in [-0.25, -0.2) is 15.0 Å². The fourth-order valence-electron chi connectivity index (χ4n) is 8.24. The van der Waals surface area contributed by atoms with Gasteiger partial charge < -0.3 is 4.57 Å². The summed E-state index contributed by atoms with van der Waals surface area (Å²) in [7, 11) is 0. The quantitative estimate of drug-likeness (QED) is 0.182. The van der Waals surface area contributed by atoms with Gasteiger partial charge in [-0.2, -0.15) is 0 Å². The Morgan fingerprint density at radius 2 is 0.830 bits per heavy atom. The third-order valence-corrected chi connectivity index (χ3v) is 10.6. The largest absolute Gasteiger partial charge is 0.308 e. The third-order valence-electron chi connectivity index (χ3n) is 10.6. The molecule has 0 bridgehead atoms. The molecule has 1 aliphatic carbocycles. The zero-order valence-electron chi connectivity index (χ0n) is 28.6. The molecule has 10 aromatic rings. The minimum Gasteiger partial charge on any atom is -0.308 e. The van der Waals surface area contributed by atoms with Crippen LogP contribution in [0.5, 0.6) is 0 Å². The van der Waals surface area contributed by atoms with Gasteiger partial charge in [0.15, 0.2) is 17.5 Å². The minimum absolute atomic E-state index is 0.621. The first-order chi connectivity index (χ1) is 26.3. The number of nitrogens with zero attached hydrogens (tertiary/aromatic N) is 4. The van der Waals surface area contributed by atoms with Crippen molar-refractivity contribution >= 4 is 32.6 Å². The first kappa shape index (κ1) is 29.5. The molecule has 0 radical (unpaired) electrons. The van der Waals surface area contributed by atoms with Crippen molar-refractivity contribution in [3.05, 3.63) is 182 Å². The summed E-state index contributed by atoms with van der Waals surface area (Å²) in [6.07, 6.45) is 0. The van der Waals surface area contributed by atoms with Gasteiger partial charge in [0.25, 0.3) is 0 Å². The van der Waals surface area contributed by atoms with Crippen molar-refractivity contribution in [3.63, 3.8) is 0 Å². The van der Waals surface area contributed by atoms with Crippen LogP contribution in [-0.2, 0) is 0 Å². The standard InChI is InChI=1S/C49H30N4/c1-4-14-31(15-5-1)35-27-28-41(40(30-35)49-51-47(33-16-6-2-7-17-33)50-48(52-49)34-18-8-3-9-19-34)53-42-25-13-24-39-37-22-11-10-21-36(37)38-23-12-20-32-26-29-43(53)46(44(32)38)45(39)42/h1-30H. The van der Waals surface area contributed by atoms with Crippen molar-refractivity contribution in [3.8, 4) is 73.2 Å². The lowest BCUT2D eigenvalue weighted by Gasteiger charge is -2.17. The Bertz CT molecular complexity index is 2980. The molecule has 0 aliphatic heterocycles. The van der Waals surface area contributed by atoms with E-state index in [-0.39, 0.29) is 0 Å². The Hall–Kier alpha value is -7.17. The van der Waals surface area contributed by atoms with E-state index in [2.05, 4.69) is 150 Å². The molecule has 1 aliphatic rings. The zero-order chi connectivity index (χ0) is 34.9. The first-order valence-electron chi connectivity index (χ1n) is 18.0. The molecule has 8 aromatic carbocycles. The normalized spacial score (nSPS) is 11.8. The van der Waals surface area contributed by atoms with Gasteiger partial charge in [0, 0.05) is 27.5 Å². The van der Waals surface area contributed by atoms with Gasteiger partial charge >= 0.3 is 0 Å². The predicted octanol–water partition coefficient (Wildman–Crippen LogP) is 12.4. The van der Waals surface area contributed by atoms with Gasteiger partial charge in [0.2, 0.25) is 0 Å². The maximum Gasteiger partial charge on any atom is 0.166 e. The van der Waals surface area contributed by atoms with Crippen LogP contribution in [-0.4, -0.2) is 19.5 Å². The molecule has 0 fully saturated rings. The number of benzene rings is 8. The highest BCUT2D eigenvalue weighted by atomic mass is 15.1. The molecular formula is C49H30N4. The molecule has 4 heteroatoms. The van der Waals surface area contributed by atoms with Crippen molar-refractivity contribution in [1.29, 1.82) is 0 Å². The van der Waals surface area contributed by atoms with Crippen LogP contribution in [0.2, 0.25) is 0 Å². The van der Waals surface area contributed by atoms with Crippen LogP contribution in [0.25, 0.3) is 106 Å². The van der Waals surface area contributed by atoms with Gasteiger partial charge in [-0.1, -0.05) is 158 Å². The Kier molecular flexibility index (Phi) is 6.52. The highest BCUT2D eigenvalue weighted by Gasteiger charge is 2.26. The average molecular weight is 675 g/mol. The predicted molar refractivity (Wildman–Crippen MR) is 218 cm³/mol. The lowest BCUT2D eigenvalue weighted by atomic mass is 9.93. The molecule has 0 atom stereocenters. The van der Waals surface area contributed by atoms with E-state index < -0.39 is 0 Å². The van der Waals surface area contributed by atoms with E-state index in [1.54, 1.807) is 0 Å². The highest BCUT2D eigenvalue weighted by molar-refractivity contribution is 6.30. The van der Waals surface area contributed by atoms with Gasteiger partial charge in [0.1, 0.15) is 0 Å². The second-order valence-corrected chi connectivity index (χ2v) is 13.6.